The van der Waals surface area contributed by atoms with Crippen molar-refractivity contribution in [3.05, 3.63) is 12.7 Å². The van der Waals surface area contributed by atoms with Crippen LogP contribution in [0.25, 0.3) is 0 Å². The van der Waals surface area contributed by atoms with Crippen LogP contribution in [0.15, 0.2) is 12.7 Å². The lowest BCUT2D eigenvalue weighted by Crippen LogP contribution is -2.35. The summed E-state index contributed by atoms with van der Waals surface area (Å²) < 4.78 is 5.67. The summed E-state index contributed by atoms with van der Waals surface area (Å²) in [5.74, 6) is 0. The zero-order chi connectivity index (χ0) is 8.65. The third kappa shape index (κ3) is 6.08. The summed E-state index contributed by atoms with van der Waals surface area (Å²) in [5.41, 5.74) is 0. The van der Waals surface area contributed by atoms with Crippen LogP contribution >= 0.6 is 12.4 Å². The standard InChI is InChI=1S/C10H19NO.ClH/c1-2-3-4-8-12-10-6-5-7-11-9-10;/h2,10-11H,1,3-9H2;1H. The second-order valence-corrected chi connectivity index (χ2v) is 3.27. The number of ether oxygens (including phenoxy) is 1. The van der Waals surface area contributed by atoms with E-state index in [2.05, 4.69) is 11.9 Å². The molecule has 0 saturated carbocycles. The maximum atomic E-state index is 5.67. The van der Waals surface area contributed by atoms with Gasteiger partial charge in [-0.3, -0.25) is 0 Å². The summed E-state index contributed by atoms with van der Waals surface area (Å²) in [7, 11) is 0. The number of piperidine rings is 1. The van der Waals surface area contributed by atoms with Crippen LogP contribution in [0.2, 0.25) is 0 Å². The molecule has 1 N–H and O–H groups in total. The van der Waals surface area contributed by atoms with Crippen molar-refractivity contribution in [2.45, 2.75) is 31.8 Å². The predicted molar refractivity (Wildman–Crippen MR) is 58.5 cm³/mol. The van der Waals surface area contributed by atoms with Crippen molar-refractivity contribution in [2.75, 3.05) is 19.7 Å². The predicted octanol–water partition coefficient (Wildman–Crippen LogP) is 2.14. The zero-order valence-corrected chi connectivity index (χ0v) is 8.94. The Hall–Kier alpha value is -0.0500. The minimum absolute atomic E-state index is 0. The highest BCUT2D eigenvalue weighted by atomic mass is 35.5. The first kappa shape index (κ1) is 12.9. The summed E-state index contributed by atoms with van der Waals surface area (Å²) in [6, 6.07) is 0. The van der Waals surface area contributed by atoms with Crippen molar-refractivity contribution in [3.8, 4) is 0 Å². The van der Waals surface area contributed by atoms with Gasteiger partial charge in [-0.1, -0.05) is 6.08 Å². The van der Waals surface area contributed by atoms with Gasteiger partial charge in [-0.25, -0.2) is 0 Å². The minimum Gasteiger partial charge on any atom is -0.377 e. The maximum absolute atomic E-state index is 5.67. The summed E-state index contributed by atoms with van der Waals surface area (Å²) >= 11 is 0. The van der Waals surface area contributed by atoms with E-state index in [-0.39, 0.29) is 12.4 Å². The first-order valence-electron chi connectivity index (χ1n) is 4.86. The van der Waals surface area contributed by atoms with E-state index in [1.807, 2.05) is 6.08 Å². The molecule has 2 nitrogen and oxygen atoms in total. The van der Waals surface area contributed by atoms with Gasteiger partial charge in [0.2, 0.25) is 0 Å². The fourth-order valence-corrected chi connectivity index (χ4v) is 1.44. The number of hydrogen-bond donors (Lipinski definition) is 1. The highest BCUT2D eigenvalue weighted by Crippen LogP contribution is 2.06. The Morgan fingerprint density at radius 1 is 1.54 bits per heavy atom. The van der Waals surface area contributed by atoms with E-state index < -0.39 is 0 Å². The average Bonchev–Trinajstić information content (AvgIpc) is 2.14. The van der Waals surface area contributed by atoms with Crippen molar-refractivity contribution in [3.63, 3.8) is 0 Å². The molecule has 1 aliphatic rings. The zero-order valence-electron chi connectivity index (χ0n) is 8.13. The van der Waals surface area contributed by atoms with E-state index in [4.69, 9.17) is 4.74 Å². The van der Waals surface area contributed by atoms with Crippen molar-refractivity contribution in [1.29, 1.82) is 0 Å². The van der Waals surface area contributed by atoms with Crippen molar-refractivity contribution >= 4 is 12.4 Å². The Morgan fingerprint density at radius 2 is 2.38 bits per heavy atom. The van der Waals surface area contributed by atoms with Gasteiger partial charge in [-0.2, -0.15) is 0 Å². The monoisotopic (exact) mass is 205 g/mol. The van der Waals surface area contributed by atoms with Crippen LogP contribution in [0.3, 0.4) is 0 Å². The fraction of sp³-hybridized carbons (Fsp3) is 0.800. The van der Waals surface area contributed by atoms with Crippen LogP contribution in [-0.4, -0.2) is 25.8 Å². The molecule has 0 aromatic carbocycles. The molecule has 78 valence electrons. The van der Waals surface area contributed by atoms with Crippen molar-refractivity contribution < 1.29 is 4.74 Å². The molecule has 0 amide bonds. The van der Waals surface area contributed by atoms with E-state index >= 15 is 0 Å². The Bertz CT molecular complexity index is 124. The van der Waals surface area contributed by atoms with E-state index in [9.17, 15) is 0 Å². The molecule has 1 aliphatic heterocycles. The third-order valence-electron chi connectivity index (χ3n) is 2.16. The van der Waals surface area contributed by atoms with Gasteiger partial charge in [0.25, 0.3) is 0 Å². The third-order valence-corrected chi connectivity index (χ3v) is 2.16. The van der Waals surface area contributed by atoms with Crippen LogP contribution in [0, 0.1) is 0 Å². The Kier molecular flexibility index (Phi) is 8.51. The smallest absolute Gasteiger partial charge is 0.0699 e. The second-order valence-electron chi connectivity index (χ2n) is 3.27. The number of nitrogens with one attached hydrogen (secondary N) is 1. The van der Waals surface area contributed by atoms with Gasteiger partial charge >= 0.3 is 0 Å². The van der Waals surface area contributed by atoms with E-state index in [0.29, 0.717) is 6.10 Å². The summed E-state index contributed by atoms with van der Waals surface area (Å²) in [4.78, 5) is 0. The lowest BCUT2D eigenvalue weighted by Gasteiger charge is -2.22. The second kappa shape index (κ2) is 8.54. The van der Waals surface area contributed by atoms with E-state index in [0.717, 1.165) is 32.5 Å². The molecule has 0 aromatic heterocycles. The van der Waals surface area contributed by atoms with Crippen molar-refractivity contribution in [1.82, 2.24) is 5.32 Å². The largest absolute Gasteiger partial charge is 0.377 e. The van der Waals surface area contributed by atoms with Crippen LogP contribution in [0.4, 0.5) is 0 Å². The van der Waals surface area contributed by atoms with Gasteiger partial charge < -0.3 is 10.1 Å². The molecule has 1 saturated heterocycles. The first-order chi connectivity index (χ1) is 5.93. The highest BCUT2D eigenvalue weighted by molar-refractivity contribution is 5.85. The summed E-state index contributed by atoms with van der Waals surface area (Å²) in [5, 5.41) is 3.33. The number of rotatable bonds is 5. The molecule has 1 heterocycles. The van der Waals surface area contributed by atoms with E-state index in [1.165, 1.54) is 12.8 Å². The van der Waals surface area contributed by atoms with Gasteiger partial charge in [-0.05, 0) is 32.2 Å². The Morgan fingerprint density at radius 3 is 3.00 bits per heavy atom. The number of hydrogen-bond acceptors (Lipinski definition) is 2. The van der Waals surface area contributed by atoms with E-state index in [1.54, 1.807) is 0 Å². The number of unbranched alkanes of at least 4 members (excludes halogenated alkanes) is 1. The maximum Gasteiger partial charge on any atom is 0.0699 e. The van der Waals surface area contributed by atoms with Gasteiger partial charge in [-0.15, -0.1) is 19.0 Å². The van der Waals surface area contributed by atoms with Gasteiger partial charge in [0.15, 0.2) is 0 Å². The van der Waals surface area contributed by atoms with Crippen LogP contribution in [0.1, 0.15) is 25.7 Å². The molecule has 0 aliphatic carbocycles. The molecular formula is C10H20ClNO. The molecule has 0 radical (unpaired) electrons. The molecular weight excluding hydrogens is 186 g/mol. The normalized spacial score (nSPS) is 22.0. The molecule has 1 unspecified atom stereocenters. The first-order valence-corrected chi connectivity index (χ1v) is 4.86. The average molecular weight is 206 g/mol. The molecule has 1 atom stereocenters. The van der Waals surface area contributed by atoms with Gasteiger partial charge in [0.05, 0.1) is 6.10 Å². The minimum atomic E-state index is 0. The Labute approximate surface area is 87.1 Å². The van der Waals surface area contributed by atoms with Crippen LogP contribution in [0.5, 0.6) is 0 Å². The molecule has 13 heavy (non-hydrogen) atoms. The Balaban J connectivity index is 0.00000144. The molecule has 1 rings (SSSR count). The molecule has 3 heteroatoms. The van der Waals surface area contributed by atoms with Crippen LogP contribution in [-0.2, 0) is 4.74 Å². The summed E-state index contributed by atoms with van der Waals surface area (Å²) in [6.07, 6.45) is 7.07. The molecule has 0 aromatic rings. The highest BCUT2D eigenvalue weighted by Gasteiger charge is 2.11. The van der Waals surface area contributed by atoms with Crippen molar-refractivity contribution in [2.24, 2.45) is 0 Å². The molecule has 1 fully saturated rings. The number of allylic oxidation sites excluding steroid dienone is 1. The van der Waals surface area contributed by atoms with Crippen LogP contribution < -0.4 is 5.32 Å². The fourth-order valence-electron chi connectivity index (χ4n) is 1.44. The lowest BCUT2D eigenvalue weighted by molar-refractivity contribution is 0.0361. The van der Waals surface area contributed by atoms with Gasteiger partial charge in [0.1, 0.15) is 0 Å². The van der Waals surface area contributed by atoms with Gasteiger partial charge in [0, 0.05) is 13.2 Å². The molecule has 0 bridgehead atoms. The quantitative estimate of drug-likeness (QED) is 0.549. The number of halogens is 1. The SMILES string of the molecule is C=CCCCOC1CCCNC1.Cl. The molecule has 0 spiro atoms. The lowest BCUT2D eigenvalue weighted by atomic mass is 10.1. The topological polar surface area (TPSA) is 21.3 Å². The summed E-state index contributed by atoms with van der Waals surface area (Å²) in [6.45, 7) is 6.76.